The zero-order chi connectivity index (χ0) is 31.4. The van der Waals surface area contributed by atoms with Gasteiger partial charge < -0.3 is 20.5 Å². The van der Waals surface area contributed by atoms with Crippen molar-refractivity contribution in [3.63, 3.8) is 0 Å². The minimum absolute atomic E-state index is 0.0195. The van der Waals surface area contributed by atoms with E-state index in [4.69, 9.17) is 15.2 Å². The number of nitrogens with zero attached hydrogens (tertiary/aromatic N) is 4. The molecule has 2 heterocycles. The lowest BCUT2D eigenvalue weighted by atomic mass is 9.70. The molecule has 3 aromatic rings. The number of nitrogens with two attached hydrogens (primary N) is 1. The second-order valence-electron chi connectivity index (χ2n) is 11.0. The molecular weight excluding hydrogens is 597 g/mol. The Morgan fingerprint density at radius 2 is 1.98 bits per heavy atom. The highest BCUT2D eigenvalue weighted by Crippen LogP contribution is 2.48. The van der Waals surface area contributed by atoms with Gasteiger partial charge in [-0.25, -0.2) is 0 Å². The van der Waals surface area contributed by atoms with E-state index in [0.717, 1.165) is 11.3 Å². The number of ether oxygens (including phenoxy) is 2. The number of allylic oxidation sites excluding steroid dienone is 4. The zero-order valence-corrected chi connectivity index (χ0v) is 26.4. The number of methoxy groups -OCH3 is 2. The number of hydrogen-bond acceptors (Lipinski definition) is 11. The van der Waals surface area contributed by atoms with Gasteiger partial charge in [-0.2, -0.15) is 5.26 Å². The molecule has 1 aliphatic carbocycles. The summed E-state index contributed by atoms with van der Waals surface area (Å²) in [6.07, 6.45) is 4.72. The van der Waals surface area contributed by atoms with Crippen molar-refractivity contribution in [3.8, 4) is 17.6 Å². The van der Waals surface area contributed by atoms with E-state index < -0.39 is 5.92 Å². The lowest BCUT2D eigenvalue weighted by molar-refractivity contribution is -0.118. The minimum atomic E-state index is -0.574. The molecule has 0 radical (unpaired) electrons. The number of anilines is 2. The first kappa shape index (κ1) is 30.8. The molecule has 1 aromatic heterocycles. The molecule has 1 amide bonds. The number of ketones is 1. The van der Waals surface area contributed by atoms with E-state index in [1.54, 1.807) is 30.2 Å². The molecule has 12 heteroatoms. The smallest absolute Gasteiger partial charge is 0.234 e. The average molecular weight is 629 g/mol. The Morgan fingerprint density at radius 3 is 2.68 bits per heavy atom. The number of hydrogen-bond donors (Lipinski definition) is 2. The molecule has 0 bridgehead atoms. The number of amides is 1. The van der Waals surface area contributed by atoms with Gasteiger partial charge in [-0.05, 0) is 29.5 Å². The molecule has 5 rings (SSSR count). The lowest BCUT2D eigenvalue weighted by Crippen LogP contribution is -2.42. The summed E-state index contributed by atoms with van der Waals surface area (Å²) in [6.45, 7) is 4.08. The van der Waals surface area contributed by atoms with Gasteiger partial charge in [-0.1, -0.05) is 79.4 Å². The van der Waals surface area contributed by atoms with E-state index in [-0.39, 0.29) is 34.3 Å². The van der Waals surface area contributed by atoms with Crippen LogP contribution in [0.2, 0.25) is 0 Å². The van der Waals surface area contributed by atoms with Gasteiger partial charge >= 0.3 is 0 Å². The summed E-state index contributed by atoms with van der Waals surface area (Å²) in [5.41, 5.74) is 9.41. The second kappa shape index (κ2) is 13.0. The summed E-state index contributed by atoms with van der Waals surface area (Å²) >= 11 is 2.47. The predicted octanol–water partition coefficient (Wildman–Crippen LogP) is 5.77. The van der Waals surface area contributed by atoms with Gasteiger partial charge in [-0.15, -0.1) is 10.2 Å². The highest BCUT2D eigenvalue weighted by Gasteiger charge is 2.44. The van der Waals surface area contributed by atoms with Gasteiger partial charge in [0.2, 0.25) is 11.0 Å². The molecule has 0 spiro atoms. The van der Waals surface area contributed by atoms with E-state index in [9.17, 15) is 14.9 Å². The molecule has 1 atom stereocenters. The average Bonchev–Trinajstić information content (AvgIpc) is 3.47. The lowest BCUT2D eigenvalue weighted by Gasteiger charge is -2.41. The third kappa shape index (κ3) is 6.49. The van der Waals surface area contributed by atoms with E-state index in [1.165, 1.54) is 30.2 Å². The van der Waals surface area contributed by atoms with Crippen molar-refractivity contribution < 1.29 is 19.1 Å². The van der Waals surface area contributed by atoms with Crippen molar-refractivity contribution in [2.24, 2.45) is 17.1 Å². The van der Waals surface area contributed by atoms with Crippen molar-refractivity contribution in [1.29, 1.82) is 5.26 Å². The normalized spacial score (nSPS) is 17.8. The predicted molar refractivity (Wildman–Crippen MR) is 172 cm³/mol. The molecule has 10 nitrogen and oxygen atoms in total. The molecule has 0 fully saturated rings. The summed E-state index contributed by atoms with van der Waals surface area (Å²) in [5.74, 6) is 0.538. The molecule has 1 unspecified atom stereocenters. The highest BCUT2D eigenvalue weighted by molar-refractivity contribution is 8.01. The fraction of sp³-hybridized carbons (Fsp3) is 0.281. The van der Waals surface area contributed by atoms with Crippen LogP contribution in [0.1, 0.15) is 32.3 Å². The van der Waals surface area contributed by atoms with Crippen LogP contribution in [-0.4, -0.2) is 41.9 Å². The van der Waals surface area contributed by atoms with Gasteiger partial charge in [0, 0.05) is 29.7 Å². The third-order valence-corrected chi connectivity index (χ3v) is 9.34. The Balaban J connectivity index is 1.40. The Kier molecular flexibility index (Phi) is 9.08. The Bertz CT molecular complexity index is 1720. The van der Waals surface area contributed by atoms with E-state index >= 15 is 0 Å². The molecule has 2 aliphatic rings. The SMILES string of the molecule is COc1ccc(NC(=O)CSc2nnc(N3C(N)=C(C#N)C(/C=C/c4ccccc4)C4=C3CC(C)(C)CC4=O)s2)c(OC)c1. The van der Waals surface area contributed by atoms with Crippen LogP contribution in [0.5, 0.6) is 11.5 Å². The molecule has 0 saturated heterocycles. The standard InChI is InChI=1S/C32H32N6O4S2/c1-32(2)15-24-28(25(39)16-32)21(12-10-19-8-6-5-7-9-19)22(17-33)29(34)38(24)30-36-37-31(44-30)43-18-27(40)35-23-13-11-20(41-3)14-26(23)42-4/h5-14,21H,15-16,18,34H2,1-4H3,(H,35,40)/b12-10+. The molecule has 1 aliphatic heterocycles. The van der Waals surface area contributed by atoms with Crippen LogP contribution >= 0.6 is 23.1 Å². The monoisotopic (exact) mass is 628 g/mol. The number of aromatic nitrogens is 2. The molecule has 226 valence electrons. The minimum Gasteiger partial charge on any atom is -0.497 e. The third-order valence-electron chi connectivity index (χ3n) is 7.30. The summed E-state index contributed by atoms with van der Waals surface area (Å²) in [6, 6.07) is 17.1. The van der Waals surface area contributed by atoms with E-state index in [1.807, 2.05) is 56.3 Å². The first-order chi connectivity index (χ1) is 21.1. The quantitative estimate of drug-likeness (QED) is 0.280. The van der Waals surface area contributed by atoms with Crippen LogP contribution in [0.25, 0.3) is 6.08 Å². The van der Waals surface area contributed by atoms with Crippen LogP contribution in [0.15, 0.2) is 81.6 Å². The van der Waals surface area contributed by atoms with Gasteiger partial charge in [-0.3, -0.25) is 14.5 Å². The first-order valence-electron chi connectivity index (χ1n) is 13.8. The maximum absolute atomic E-state index is 13.6. The number of Topliss-reactive ketones (excluding diaryl/α,β-unsaturated/α-hetero) is 1. The Hall–Kier alpha value is -4.60. The molecule has 2 aromatic carbocycles. The van der Waals surface area contributed by atoms with Crippen molar-refractivity contribution in [2.45, 2.75) is 31.0 Å². The number of rotatable bonds is 9. The maximum atomic E-state index is 13.6. The fourth-order valence-corrected chi connectivity index (χ4v) is 6.98. The highest BCUT2D eigenvalue weighted by atomic mass is 32.2. The summed E-state index contributed by atoms with van der Waals surface area (Å²) in [5, 5.41) is 22.2. The van der Waals surface area contributed by atoms with Gasteiger partial charge in [0.1, 0.15) is 17.3 Å². The van der Waals surface area contributed by atoms with Crippen molar-refractivity contribution in [3.05, 3.63) is 82.8 Å². The van der Waals surface area contributed by atoms with Crippen LogP contribution in [0.4, 0.5) is 10.8 Å². The molecular formula is C32H32N6O4S2. The second-order valence-corrected chi connectivity index (χ2v) is 13.2. The van der Waals surface area contributed by atoms with Crippen molar-refractivity contribution in [2.75, 3.05) is 30.2 Å². The van der Waals surface area contributed by atoms with Gasteiger partial charge in [0.15, 0.2) is 10.1 Å². The van der Waals surface area contributed by atoms with Crippen molar-refractivity contribution >= 4 is 51.7 Å². The van der Waals surface area contributed by atoms with Crippen LogP contribution in [0, 0.1) is 22.7 Å². The van der Waals surface area contributed by atoms with E-state index in [0.29, 0.717) is 45.1 Å². The number of nitrogens with one attached hydrogen (secondary N) is 1. The number of carbonyl (C=O) groups is 2. The van der Waals surface area contributed by atoms with E-state index in [2.05, 4.69) is 21.6 Å². The largest absolute Gasteiger partial charge is 0.497 e. The molecule has 44 heavy (non-hydrogen) atoms. The van der Waals surface area contributed by atoms with Crippen molar-refractivity contribution in [1.82, 2.24) is 10.2 Å². The summed E-state index contributed by atoms with van der Waals surface area (Å²) in [4.78, 5) is 28.1. The summed E-state index contributed by atoms with van der Waals surface area (Å²) in [7, 11) is 3.07. The molecule has 0 saturated carbocycles. The number of benzene rings is 2. The number of thioether (sulfide) groups is 1. The molecule has 3 N–H and O–H groups in total. The zero-order valence-electron chi connectivity index (χ0n) is 24.8. The number of carbonyl (C=O) groups excluding carboxylic acids is 2. The van der Waals surface area contributed by atoms with Crippen LogP contribution in [0.3, 0.4) is 0 Å². The van der Waals surface area contributed by atoms with Crippen LogP contribution < -0.4 is 25.4 Å². The summed E-state index contributed by atoms with van der Waals surface area (Å²) < 4.78 is 11.1. The van der Waals surface area contributed by atoms with Crippen LogP contribution in [-0.2, 0) is 9.59 Å². The topological polar surface area (TPSA) is 143 Å². The van der Waals surface area contributed by atoms with Gasteiger partial charge in [0.25, 0.3) is 0 Å². The first-order valence-corrected chi connectivity index (χ1v) is 15.6. The maximum Gasteiger partial charge on any atom is 0.234 e. The Labute approximate surface area is 264 Å². The Morgan fingerprint density at radius 1 is 1.20 bits per heavy atom. The number of nitriles is 1. The van der Waals surface area contributed by atoms with Gasteiger partial charge in [0.05, 0.1) is 37.3 Å². The fourth-order valence-electron chi connectivity index (χ4n) is 5.30.